The Hall–Kier alpha value is -3.34. The summed E-state index contributed by atoms with van der Waals surface area (Å²) in [6, 6.07) is 17.9. The second-order valence-electron chi connectivity index (χ2n) is 6.30. The van der Waals surface area contributed by atoms with Crippen molar-refractivity contribution in [1.82, 2.24) is 9.55 Å². The standard InChI is InChI=1S/C21H19N3O2/c1-15-20-21(25)22-19(17-8-10-18(26-2)11-9-17)13-24(20)14-23(15)12-16-6-4-3-5-7-16/h3-11,13-14H,12H2,1-2H3/p+1. The van der Waals surface area contributed by atoms with Crippen molar-refractivity contribution in [3.63, 3.8) is 0 Å². The van der Waals surface area contributed by atoms with Crippen molar-refractivity contribution in [3.05, 3.63) is 88.7 Å². The fraction of sp³-hybridized carbons (Fsp3) is 0.143. The van der Waals surface area contributed by atoms with Crippen LogP contribution in [0.3, 0.4) is 0 Å². The number of aromatic amines is 1. The van der Waals surface area contributed by atoms with Gasteiger partial charge in [0.05, 0.1) is 12.8 Å². The van der Waals surface area contributed by atoms with Crippen LogP contribution in [-0.2, 0) is 6.54 Å². The Bertz CT molecular complexity index is 1110. The molecule has 0 spiro atoms. The molecule has 4 rings (SSSR count). The van der Waals surface area contributed by atoms with Crippen molar-refractivity contribution < 1.29 is 9.14 Å². The third kappa shape index (κ3) is 2.88. The highest BCUT2D eigenvalue weighted by Gasteiger charge is 2.18. The number of aromatic nitrogens is 3. The monoisotopic (exact) mass is 346 g/mol. The Morgan fingerprint density at radius 2 is 1.81 bits per heavy atom. The number of H-pyrrole nitrogens is 1. The fourth-order valence-electron chi connectivity index (χ4n) is 3.21. The zero-order valence-corrected chi connectivity index (χ0v) is 14.8. The molecular formula is C21H20N3O2+. The normalized spacial score (nSPS) is 11.0. The van der Waals surface area contributed by atoms with Crippen molar-refractivity contribution in [3.8, 4) is 17.0 Å². The van der Waals surface area contributed by atoms with E-state index in [4.69, 9.17) is 4.74 Å². The van der Waals surface area contributed by atoms with E-state index in [1.54, 1.807) is 7.11 Å². The number of methoxy groups -OCH3 is 1. The molecule has 5 nitrogen and oxygen atoms in total. The molecule has 4 aromatic rings. The minimum atomic E-state index is -0.0948. The van der Waals surface area contributed by atoms with Crippen LogP contribution in [-0.4, -0.2) is 16.7 Å². The highest BCUT2D eigenvalue weighted by atomic mass is 16.5. The summed E-state index contributed by atoms with van der Waals surface area (Å²) in [5, 5.41) is 0. The van der Waals surface area contributed by atoms with Gasteiger partial charge in [0.15, 0.2) is 5.69 Å². The summed E-state index contributed by atoms with van der Waals surface area (Å²) in [6.45, 7) is 2.70. The largest absolute Gasteiger partial charge is 0.497 e. The lowest BCUT2D eigenvalue weighted by Crippen LogP contribution is -2.27. The second kappa shape index (κ2) is 6.52. The maximum Gasteiger partial charge on any atom is 0.300 e. The number of imidazole rings is 1. The van der Waals surface area contributed by atoms with Crippen LogP contribution in [0.5, 0.6) is 5.75 Å². The maximum atomic E-state index is 12.7. The number of hydrogen-bond acceptors (Lipinski definition) is 2. The molecule has 130 valence electrons. The first-order valence-electron chi connectivity index (χ1n) is 8.48. The molecule has 0 aliphatic heterocycles. The van der Waals surface area contributed by atoms with Gasteiger partial charge in [0, 0.05) is 12.5 Å². The van der Waals surface area contributed by atoms with Gasteiger partial charge in [-0.05, 0) is 29.8 Å². The van der Waals surface area contributed by atoms with E-state index in [1.807, 2.05) is 66.3 Å². The van der Waals surface area contributed by atoms with Crippen molar-refractivity contribution in [1.29, 1.82) is 0 Å². The van der Waals surface area contributed by atoms with E-state index in [9.17, 15) is 4.79 Å². The van der Waals surface area contributed by atoms with Gasteiger partial charge >= 0.3 is 0 Å². The molecule has 2 aromatic heterocycles. The van der Waals surface area contributed by atoms with Gasteiger partial charge in [-0.3, -0.25) is 4.79 Å². The molecule has 0 unspecified atom stereocenters. The highest BCUT2D eigenvalue weighted by molar-refractivity contribution is 5.59. The summed E-state index contributed by atoms with van der Waals surface area (Å²) in [4.78, 5) is 15.7. The van der Waals surface area contributed by atoms with Crippen LogP contribution in [0.25, 0.3) is 16.8 Å². The Kier molecular flexibility index (Phi) is 4.05. The first-order valence-corrected chi connectivity index (χ1v) is 8.48. The number of nitrogens with zero attached hydrogens (tertiary/aromatic N) is 2. The molecule has 26 heavy (non-hydrogen) atoms. The molecular weight excluding hydrogens is 326 g/mol. The smallest absolute Gasteiger partial charge is 0.300 e. The number of hydrogen-bond donors (Lipinski definition) is 1. The van der Waals surface area contributed by atoms with Gasteiger partial charge in [-0.15, -0.1) is 0 Å². The molecule has 0 atom stereocenters. The lowest BCUT2D eigenvalue weighted by molar-refractivity contribution is -0.513. The first-order chi connectivity index (χ1) is 12.7. The third-order valence-corrected chi connectivity index (χ3v) is 4.62. The Morgan fingerprint density at radius 1 is 1.08 bits per heavy atom. The topological polar surface area (TPSA) is 51.1 Å². The Morgan fingerprint density at radius 3 is 2.50 bits per heavy atom. The minimum absolute atomic E-state index is 0.0948. The van der Waals surface area contributed by atoms with E-state index >= 15 is 0 Å². The maximum absolute atomic E-state index is 12.7. The molecule has 0 radical (unpaired) electrons. The van der Waals surface area contributed by atoms with Crippen LogP contribution in [0.2, 0.25) is 0 Å². The molecule has 0 saturated carbocycles. The molecule has 0 bridgehead atoms. The van der Waals surface area contributed by atoms with Gasteiger partial charge < -0.3 is 9.72 Å². The predicted octanol–water partition coefficient (Wildman–Crippen LogP) is 2.95. The number of ether oxygens (including phenoxy) is 1. The number of fused-ring (bicyclic) bond motifs is 1. The van der Waals surface area contributed by atoms with Gasteiger partial charge in [-0.25, -0.2) is 4.57 Å². The lowest BCUT2D eigenvalue weighted by atomic mass is 10.1. The molecule has 5 heteroatoms. The zero-order chi connectivity index (χ0) is 18.1. The van der Waals surface area contributed by atoms with Gasteiger partial charge in [0.1, 0.15) is 18.5 Å². The summed E-state index contributed by atoms with van der Waals surface area (Å²) in [5.74, 6) is 0.787. The van der Waals surface area contributed by atoms with E-state index in [0.717, 1.165) is 29.2 Å². The number of rotatable bonds is 4. The molecule has 1 N–H and O–H groups in total. The van der Waals surface area contributed by atoms with Crippen LogP contribution >= 0.6 is 0 Å². The molecule has 2 heterocycles. The van der Waals surface area contributed by atoms with Crippen molar-refractivity contribution in [2.45, 2.75) is 13.5 Å². The van der Waals surface area contributed by atoms with Crippen molar-refractivity contribution in [2.75, 3.05) is 7.11 Å². The number of nitrogens with one attached hydrogen (secondary N) is 1. The summed E-state index contributed by atoms with van der Waals surface area (Å²) in [7, 11) is 1.64. The Balaban J connectivity index is 1.78. The summed E-state index contributed by atoms with van der Waals surface area (Å²) >= 11 is 0. The van der Waals surface area contributed by atoms with Gasteiger partial charge in [0.25, 0.3) is 5.56 Å². The van der Waals surface area contributed by atoms with Gasteiger partial charge in [-0.1, -0.05) is 30.3 Å². The molecule has 0 saturated heterocycles. The molecule has 0 aliphatic rings. The lowest BCUT2D eigenvalue weighted by Gasteiger charge is -2.02. The molecule has 0 fully saturated rings. The summed E-state index contributed by atoms with van der Waals surface area (Å²) in [5.41, 5.74) is 4.42. The van der Waals surface area contributed by atoms with E-state index in [1.165, 1.54) is 5.56 Å². The zero-order valence-electron chi connectivity index (χ0n) is 14.8. The average molecular weight is 346 g/mol. The number of benzene rings is 2. The summed E-state index contributed by atoms with van der Waals surface area (Å²) < 4.78 is 9.19. The van der Waals surface area contributed by atoms with Crippen LogP contribution in [0.15, 0.2) is 71.9 Å². The number of aryl methyl sites for hydroxylation is 1. The SMILES string of the molecule is COc1ccc(-c2c[n+]3cn(Cc4ccccc4)c(C)c3c(=O)[nH]2)cc1. The van der Waals surface area contributed by atoms with E-state index in [2.05, 4.69) is 21.7 Å². The van der Waals surface area contributed by atoms with E-state index in [-0.39, 0.29) is 5.56 Å². The third-order valence-electron chi connectivity index (χ3n) is 4.62. The predicted molar refractivity (Wildman–Crippen MR) is 100 cm³/mol. The Labute approximate surface area is 151 Å². The van der Waals surface area contributed by atoms with Crippen LogP contribution < -0.4 is 14.7 Å². The quantitative estimate of drug-likeness (QED) is 0.578. The molecule has 2 aromatic carbocycles. The van der Waals surface area contributed by atoms with Crippen LogP contribution in [0.4, 0.5) is 0 Å². The van der Waals surface area contributed by atoms with Crippen LogP contribution in [0.1, 0.15) is 11.3 Å². The van der Waals surface area contributed by atoms with Crippen molar-refractivity contribution >= 4 is 5.52 Å². The summed E-state index contributed by atoms with van der Waals surface area (Å²) in [6.07, 6.45) is 3.92. The van der Waals surface area contributed by atoms with Crippen molar-refractivity contribution in [2.24, 2.45) is 0 Å². The fourth-order valence-corrected chi connectivity index (χ4v) is 3.21. The first kappa shape index (κ1) is 16.1. The second-order valence-corrected chi connectivity index (χ2v) is 6.30. The van der Waals surface area contributed by atoms with Gasteiger partial charge in [0.2, 0.25) is 11.8 Å². The average Bonchev–Trinajstić information content (AvgIpc) is 2.98. The van der Waals surface area contributed by atoms with E-state index in [0.29, 0.717) is 5.52 Å². The minimum Gasteiger partial charge on any atom is -0.497 e. The van der Waals surface area contributed by atoms with E-state index < -0.39 is 0 Å². The molecule has 0 amide bonds. The van der Waals surface area contributed by atoms with Gasteiger partial charge in [-0.2, -0.15) is 4.40 Å². The molecule has 0 aliphatic carbocycles. The van der Waals surface area contributed by atoms with Crippen LogP contribution in [0, 0.1) is 6.92 Å². The highest BCUT2D eigenvalue weighted by Crippen LogP contribution is 2.19.